The van der Waals surface area contributed by atoms with Gasteiger partial charge in [-0.1, -0.05) is 12.1 Å². The van der Waals surface area contributed by atoms with Crippen LogP contribution in [-0.2, 0) is 6.54 Å². The summed E-state index contributed by atoms with van der Waals surface area (Å²) in [4.78, 5) is 21.7. The minimum Gasteiger partial charge on any atom is -0.467 e. The SMILES string of the molecule is O=c1c2nn3c(nc2ccn1Cc1ccco1)nc1ccccc13. The Bertz CT molecular complexity index is 1250. The highest BCUT2D eigenvalue weighted by atomic mass is 16.3. The first-order valence-electron chi connectivity index (χ1n) is 7.47. The Kier molecular flexibility index (Phi) is 2.58. The number of para-hydroxylation sites is 2. The Hall–Kier alpha value is -3.48. The summed E-state index contributed by atoms with van der Waals surface area (Å²) in [6.07, 6.45) is 3.28. The summed E-state index contributed by atoms with van der Waals surface area (Å²) in [5.74, 6) is 1.19. The number of pyridine rings is 1. The lowest BCUT2D eigenvalue weighted by molar-refractivity contribution is 0.490. The minimum atomic E-state index is -0.212. The molecule has 116 valence electrons. The van der Waals surface area contributed by atoms with Crippen LogP contribution in [0.1, 0.15) is 5.76 Å². The zero-order valence-electron chi connectivity index (χ0n) is 12.5. The van der Waals surface area contributed by atoms with Crippen LogP contribution in [0.5, 0.6) is 0 Å². The second-order valence-corrected chi connectivity index (χ2v) is 5.49. The lowest BCUT2D eigenvalue weighted by atomic mass is 10.3. The van der Waals surface area contributed by atoms with Gasteiger partial charge in [0.1, 0.15) is 11.3 Å². The molecular weight excluding hydrogens is 306 g/mol. The number of imidazole rings is 1. The van der Waals surface area contributed by atoms with Gasteiger partial charge in [-0.3, -0.25) is 4.79 Å². The Morgan fingerprint density at radius 2 is 1.88 bits per heavy atom. The smallest absolute Gasteiger partial charge is 0.280 e. The Morgan fingerprint density at radius 3 is 2.75 bits per heavy atom. The third-order valence-electron chi connectivity index (χ3n) is 3.96. The lowest BCUT2D eigenvalue weighted by Gasteiger charge is -2.05. The van der Waals surface area contributed by atoms with E-state index in [0.29, 0.717) is 29.1 Å². The summed E-state index contributed by atoms with van der Waals surface area (Å²) in [7, 11) is 0. The predicted octanol–water partition coefficient (Wildman–Crippen LogP) is 2.23. The fourth-order valence-electron chi connectivity index (χ4n) is 2.81. The molecule has 0 spiro atoms. The van der Waals surface area contributed by atoms with Crippen LogP contribution in [-0.4, -0.2) is 24.1 Å². The molecule has 0 fully saturated rings. The van der Waals surface area contributed by atoms with Crippen molar-refractivity contribution in [3.05, 3.63) is 71.0 Å². The number of aromatic nitrogens is 5. The summed E-state index contributed by atoms with van der Waals surface area (Å²) in [6, 6.07) is 13.0. The van der Waals surface area contributed by atoms with Crippen molar-refractivity contribution in [2.75, 3.05) is 0 Å². The van der Waals surface area contributed by atoms with Gasteiger partial charge >= 0.3 is 0 Å². The number of hydrogen-bond donors (Lipinski definition) is 0. The lowest BCUT2D eigenvalue weighted by Crippen LogP contribution is -2.21. The van der Waals surface area contributed by atoms with Crippen LogP contribution in [0.3, 0.4) is 0 Å². The van der Waals surface area contributed by atoms with Gasteiger partial charge in [0.05, 0.1) is 23.8 Å². The van der Waals surface area contributed by atoms with Crippen molar-refractivity contribution in [1.29, 1.82) is 0 Å². The second kappa shape index (κ2) is 4.76. The highest BCUT2D eigenvalue weighted by molar-refractivity contribution is 5.81. The molecule has 4 aromatic heterocycles. The summed E-state index contributed by atoms with van der Waals surface area (Å²) >= 11 is 0. The molecule has 4 heterocycles. The number of fused-ring (bicyclic) bond motifs is 4. The number of hydrogen-bond acceptors (Lipinski definition) is 5. The molecule has 7 heteroatoms. The number of rotatable bonds is 2. The maximum absolute atomic E-state index is 12.7. The highest BCUT2D eigenvalue weighted by Crippen LogP contribution is 2.15. The zero-order valence-corrected chi connectivity index (χ0v) is 12.5. The van der Waals surface area contributed by atoms with Gasteiger partial charge < -0.3 is 8.98 Å². The fourth-order valence-corrected chi connectivity index (χ4v) is 2.81. The van der Waals surface area contributed by atoms with Crippen molar-refractivity contribution in [2.24, 2.45) is 0 Å². The maximum atomic E-state index is 12.7. The molecule has 24 heavy (non-hydrogen) atoms. The first kappa shape index (κ1) is 13.0. The molecule has 0 saturated heterocycles. The molecule has 0 atom stereocenters. The first-order chi connectivity index (χ1) is 11.8. The first-order valence-corrected chi connectivity index (χ1v) is 7.47. The molecule has 0 N–H and O–H groups in total. The molecule has 0 aliphatic rings. The van der Waals surface area contributed by atoms with E-state index < -0.39 is 0 Å². The van der Waals surface area contributed by atoms with Crippen molar-refractivity contribution in [3.63, 3.8) is 0 Å². The van der Waals surface area contributed by atoms with Gasteiger partial charge in [-0.05, 0) is 30.3 Å². The molecule has 5 aromatic rings. The highest BCUT2D eigenvalue weighted by Gasteiger charge is 2.12. The molecule has 0 unspecified atom stereocenters. The van der Waals surface area contributed by atoms with E-state index in [-0.39, 0.29) is 5.56 Å². The van der Waals surface area contributed by atoms with Gasteiger partial charge in [0.15, 0.2) is 5.52 Å². The van der Waals surface area contributed by atoms with Crippen LogP contribution in [0.4, 0.5) is 0 Å². The minimum absolute atomic E-state index is 0.212. The van der Waals surface area contributed by atoms with Gasteiger partial charge in [0, 0.05) is 6.20 Å². The van der Waals surface area contributed by atoms with E-state index in [9.17, 15) is 4.79 Å². The molecule has 5 rings (SSSR count). The normalized spacial score (nSPS) is 11.7. The summed E-state index contributed by atoms with van der Waals surface area (Å²) in [5.41, 5.74) is 2.24. The second-order valence-electron chi connectivity index (χ2n) is 5.49. The number of nitrogens with zero attached hydrogens (tertiary/aromatic N) is 5. The predicted molar refractivity (Wildman–Crippen MR) is 87.9 cm³/mol. The van der Waals surface area contributed by atoms with Gasteiger partial charge in [-0.2, -0.15) is 9.61 Å². The Labute approximate surface area is 134 Å². The molecule has 0 radical (unpaired) electrons. The largest absolute Gasteiger partial charge is 0.467 e. The molecule has 0 amide bonds. The van der Waals surface area contributed by atoms with E-state index in [1.54, 1.807) is 33.7 Å². The van der Waals surface area contributed by atoms with Crippen LogP contribution in [0.25, 0.3) is 27.8 Å². The molecule has 0 bridgehead atoms. The van der Waals surface area contributed by atoms with E-state index in [1.165, 1.54) is 0 Å². The topological polar surface area (TPSA) is 78.2 Å². The fraction of sp³-hybridized carbons (Fsp3) is 0.0588. The molecular formula is C17H11N5O2. The van der Waals surface area contributed by atoms with Gasteiger partial charge in [0.25, 0.3) is 11.3 Å². The molecule has 1 aromatic carbocycles. The van der Waals surface area contributed by atoms with Crippen molar-refractivity contribution in [1.82, 2.24) is 24.1 Å². The van der Waals surface area contributed by atoms with Crippen LogP contribution in [0, 0.1) is 0 Å². The quantitative estimate of drug-likeness (QED) is 0.499. The van der Waals surface area contributed by atoms with Crippen LogP contribution in [0.2, 0.25) is 0 Å². The van der Waals surface area contributed by atoms with E-state index in [4.69, 9.17) is 4.42 Å². The number of furan rings is 1. The van der Waals surface area contributed by atoms with E-state index in [2.05, 4.69) is 15.1 Å². The van der Waals surface area contributed by atoms with Crippen molar-refractivity contribution in [3.8, 4) is 0 Å². The van der Waals surface area contributed by atoms with Crippen LogP contribution in [0.15, 0.2) is 64.1 Å². The van der Waals surface area contributed by atoms with Crippen LogP contribution < -0.4 is 5.56 Å². The summed E-state index contributed by atoms with van der Waals surface area (Å²) in [6.45, 7) is 0.353. The van der Waals surface area contributed by atoms with Crippen molar-refractivity contribution >= 4 is 27.8 Å². The summed E-state index contributed by atoms with van der Waals surface area (Å²) < 4.78 is 8.47. The molecule has 0 aliphatic carbocycles. The van der Waals surface area contributed by atoms with Gasteiger partial charge in [0.2, 0.25) is 0 Å². The monoisotopic (exact) mass is 317 g/mol. The van der Waals surface area contributed by atoms with Gasteiger partial charge in [-0.15, -0.1) is 0 Å². The Morgan fingerprint density at radius 1 is 1.00 bits per heavy atom. The molecule has 0 aliphatic heterocycles. The average Bonchev–Trinajstić information content (AvgIpc) is 3.23. The van der Waals surface area contributed by atoms with E-state index >= 15 is 0 Å². The van der Waals surface area contributed by atoms with Crippen molar-refractivity contribution < 1.29 is 4.42 Å². The van der Waals surface area contributed by atoms with Crippen molar-refractivity contribution in [2.45, 2.75) is 6.54 Å². The summed E-state index contributed by atoms with van der Waals surface area (Å²) in [5, 5.41) is 4.48. The molecule has 7 nitrogen and oxygen atoms in total. The third-order valence-corrected chi connectivity index (χ3v) is 3.96. The third kappa shape index (κ3) is 1.84. The van der Waals surface area contributed by atoms with E-state index in [0.717, 1.165) is 11.0 Å². The molecule has 0 saturated carbocycles. The van der Waals surface area contributed by atoms with Crippen LogP contribution >= 0.6 is 0 Å². The Balaban J connectivity index is 1.78. The number of benzene rings is 1. The average molecular weight is 317 g/mol. The standard InChI is InChI=1S/C17H11N5O2/c23-16-15-13(7-8-21(16)10-11-4-3-9-24-11)19-17-18-12-5-1-2-6-14(12)22(17)20-15/h1-9H,10H2. The maximum Gasteiger partial charge on any atom is 0.280 e. The van der Waals surface area contributed by atoms with E-state index in [1.807, 2.05) is 30.3 Å². The van der Waals surface area contributed by atoms with Gasteiger partial charge in [-0.25, -0.2) is 9.97 Å². The zero-order chi connectivity index (χ0) is 16.1.